The topological polar surface area (TPSA) is 100 Å². The molecule has 1 aromatic heterocycles. The van der Waals surface area contributed by atoms with Gasteiger partial charge in [0.05, 0.1) is 0 Å². The quantitative estimate of drug-likeness (QED) is 0.721. The molecule has 10 nitrogen and oxygen atoms in total. The van der Waals surface area contributed by atoms with Crippen molar-refractivity contribution in [3.63, 3.8) is 0 Å². The summed E-state index contributed by atoms with van der Waals surface area (Å²) < 4.78 is 6.95. The van der Waals surface area contributed by atoms with E-state index < -0.39 is 17.7 Å². The van der Waals surface area contributed by atoms with E-state index in [2.05, 4.69) is 15.3 Å². The summed E-state index contributed by atoms with van der Waals surface area (Å²) in [6.07, 6.45) is 1.21. The van der Waals surface area contributed by atoms with Crippen LogP contribution in [0.15, 0.2) is 36.5 Å². The largest absolute Gasteiger partial charge is 0.444 e. The van der Waals surface area contributed by atoms with E-state index in [1.165, 1.54) is 4.90 Å². The summed E-state index contributed by atoms with van der Waals surface area (Å²) in [6, 6.07) is 8.66. The number of carbonyl (C=O) groups is 3. The van der Waals surface area contributed by atoms with Gasteiger partial charge in [-0.05, 0) is 58.0 Å². The maximum Gasteiger partial charge on any atom is 0.410 e. The lowest BCUT2D eigenvalue weighted by molar-refractivity contribution is -0.136. The number of carbonyl (C=O) groups excluding carboxylic acids is 3. The molecule has 0 radical (unpaired) electrons. The average Bonchev–Trinajstić information content (AvgIpc) is 3.23. The first kappa shape index (κ1) is 25.1. The molecular weight excluding hydrogens is 436 g/mol. The summed E-state index contributed by atoms with van der Waals surface area (Å²) in [5.41, 5.74) is 1.45. The van der Waals surface area contributed by atoms with Crippen LogP contribution in [0.5, 0.6) is 0 Å². The molecule has 1 aromatic carbocycles. The first-order valence-electron chi connectivity index (χ1n) is 11.4. The van der Waals surface area contributed by atoms with Crippen molar-refractivity contribution in [2.24, 2.45) is 7.05 Å². The monoisotopic (exact) mass is 470 g/mol. The number of hydrogen-bond acceptors (Lipinski definition) is 6. The van der Waals surface area contributed by atoms with Gasteiger partial charge in [-0.1, -0.05) is 0 Å². The van der Waals surface area contributed by atoms with E-state index in [1.54, 1.807) is 63.6 Å². The normalized spacial score (nSPS) is 15.0. The van der Waals surface area contributed by atoms with Gasteiger partial charge in [-0.2, -0.15) is 5.10 Å². The molecule has 1 aliphatic heterocycles. The van der Waals surface area contributed by atoms with Crippen molar-refractivity contribution in [1.82, 2.24) is 19.6 Å². The zero-order valence-electron chi connectivity index (χ0n) is 20.7. The zero-order chi connectivity index (χ0) is 25.0. The van der Waals surface area contributed by atoms with Crippen LogP contribution in [0.2, 0.25) is 0 Å². The van der Waals surface area contributed by atoms with Crippen LogP contribution < -0.4 is 10.2 Å². The van der Waals surface area contributed by atoms with Crippen LogP contribution in [0, 0.1) is 0 Å². The SMILES string of the molecule is CC(C(=O)N1CCN(c2ccc(NC(=O)c3ccn(C)n3)cc2)CC1)N(C)C(=O)OC(C)(C)C. The van der Waals surface area contributed by atoms with Gasteiger partial charge in [-0.25, -0.2) is 4.79 Å². The molecule has 34 heavy (non-hydrogen) atoms. The molecule has 0 spiro atoms. The van der Waals surface area contributed by atoms with Crippen LogP contribution in [0.3, 0.4) is 0 Å². The highest BCUT2D eigenvalue weighted by atomic mass is 16.6. The van der Waals surface area contributed by atoms with E-state index in [9.17, 15) is 14.4 Å². The minimum absolute atomic E-state index is 0.0967. The molecule has 0 aliphatic carbocycles. The Kier molecular flexibility index (Phi) is 7.48. The molecule has 1 saturated heterocycles. The summed E-state index contributed by atoms with van der Waals surface area (Å²) in [4.78, 5) is 42.8. The van der Waals surface area contributed by atoms with Crippen molar-refractivity contribution in [3.8, 4) is 0 Å². The molecular formula is C24H34N6O4. The predicted octanol–water partition coefficient (Wildman–Crippen LogP) is 2.58. The second-order valence-corrected chi connectivity index (χ2v) is 9.46. The van der Waals surface area contributed by atoms with Crippen LogP contribution in [0.1, 0.15) is 38.2 Å². The number of amides is 3. The number of rotatable bonds is 5. The molecule has 3 rings (SSSR count). The fourth-order valence-corrected chi connectivity index (χ4v) is 3.59. The molecule has 1 atom stereocenters. The smallest absolute Gasteiger partial charge is 0.410 e. The van der Waals surface area contributed by atoms with E-state index in [4.69, 9.17) is 4.74 Å². The minimum atomic E-state index is -0.615. The third kappa shape index (κ3) is 6.27. The molecule has 3 amide bonds. The lowest BCUT2D eigenvalue weighted by Crippen LogP contribution is -2.54. The van der Waals surface area contributed by atoms with Crippen LogP contribution in [-0.4, -0.2) is 82.4 Å². The molecule has 1 unspecified atom stereocenters. The van der Waals surface area contributed by atoms with Crippen molar-refractivity contribution in [3.05, 3.63) is 42.2 Å². The Labute approximate surface area is 200 Å². The highest BCUT2D eigenvalue weighted by Gasteiger charge is 2.31. The molecule has 0 bridgehead atoms. The Bertz CT molecular complexity index is 1020. The Morgan fingerprint density at radius 1 is 1.06 bits per heavy atom. The third-order valence-electron chi connectivity index (χ3n) is 5.65. The number of likely N-dealkylation sites (N-methyl/N-ethyl adjacent to an activating group) is 1. The van der Waals surface area contributed by atoms with Gasteiger partial charge in [0.15, 0.2) is 5.69 Å². The first-order chi connectivity index (χ1) is 15.9. The van der Waals surface area contributed by atoms with Crippen molar-refractivity contribution < 1.29 is 19.1 Å². The zero-order valence-corrected chi connectivity index (χ0v) is 20.7. The van der Waals surface area contributed by atoms with Gasteiger partial charge in [0.2, 0.25) is 5.91 Å². The van der Waals surface area contributed by atoms with Gasteiger partial charge in [0.1, 0.15) is 11.6 Å². The van der Waals surface area contributed by atoms with E-state index in [0.29, 0.717) is 37.6 Å². The molecule has 1 N–H and O–H groups in total. The third-order valence-corrected chi connectivity index (χ3v) is 5.65. The number of piperazine rings is 1. The number of hydrogen-bond donors (Lipinski definition) is 1. The maximum atomic E-state index is 12.9. The van der Waals surface area contributed by atoms with Crippen molar-refractivity contribution in [2.75, 3.05) is 43.4 Å². The van der Waals surface area contributed by atoms with Crippen LogP contribution in [0.4, 0.5) is 16.2 Å². The molecule has 0 saturated carbocycles. The number of nitrogens with one attached hydrogen (secondary N) is 1. The number of benzene rings is 1. The predicted molar refractivity (Wildman–Crippen MR) is 130 cm³/mol. The highest BCUT2D eigenvalue weighted by Crippen LogP contribution is 2.21. The number of aromatic nitrogens is 2. The number of ether oxygens (including phenoxy) is 1. The van der Waals surface area contributed by atoms with Gasteiger partial charge in [-0.15, -0.1) is 0 Å². The van der Waals surface area contributed by atoms with E-state index >= 15 is 0 Å². The number of nitrogens with zero attached hydrogens (tertiary/aromatic N) is 5. The van der Waals surface area contributed by atoms with Gasteiger partial charge >= 0.3 is 6.09 Å². The van der Waals surface area contributed by atoms with Crippen molar-refractivity contribution in [1.29, 1.82) is 0 Å². The molecule has 10 heteroatoms. The Hall–Kier alpha value is -3.56. The summed E-state index contributed by atoms with van der Waals surface area (Å²) >= 11 is 0. The molecule has 2 aromatic rings. The molecule has 1 fully saturated rings. The number of anilines is 2. The van der Waals surface area contributed by atoms with Crippen LogP contribution in [-0.2, 0) is 16.6 Å². The van der Waals surface area contributed by atoms with Crippen LogP contribution >= 0.6 is 0 Å². The Morgan fingerprint density at radius 2 is 1.68 bits per heavy atom. The summed E-state index contributed by atoms with van der Waals surface area (Å²) in [6.45, 7) is 9.58. The number of aryl methyl sites for hydroxylation is 1. The van der Waals surface area contributed by atoms with E-state index in [0.717, 1.165) is 5.69 Å². The second kappa shape index (κ2) is 10.1. The Morgan fingerprint density at radius 3 is 2.21 bits per heavy atom. The highest BCUT2D eigenvalue weighted by molar-refractivity contribution is 6.02. The fourth-order valence-electron chi connectivity index (χ4n) is 3.59. The summed E-state index contributed by atoms with van der Waals surface area (Å²) in [7, 11) is 3.35. The minimum Gasteiger partial charge on any atom is -0.444 e. The van der Waals surface area contributed by atoms with E-state index in [1.807, 2.05) is 24.3 Å². The molecule has 1 aliphatic rings. The second-order valence-electron chi connectivity index (χ2n) is 9.46. The summed E-state index contributed by atoms with van der Waals surface area (Å²) in [5, 5.41) is 6.94. The fraction of sp³-hybridized carbons (Fsp3) is 0.500. The van der Waals surface area contributed by atoms with Gasteiger partial charge in [0.25, 0.3) is 5.91 Å². The average molecular weight is 471 g/mol. The standard InChI is InChI=1S/C24H34N6O4/c1-17(28(6)23(33)34-24(2,3)4)22(32)30-15-13-29(14-16-30)19-9-7-18(8-10-19)25-21(31)20-11-12-27(5)26-20/h7-12,17H,13-16H2,1-6H3,(H,25,31). The van der Waals surface area contributed by atoms with Gasteiger partial charge in [0, 0.05) is 57.8 Å². The van der Waals surface area contributed by atoms with Crippen molar-refractivity contribution >= 4 is 29.3 Å². The molecule has 2 heterocycles. The van der Waals surface area contributed by atoms with Gasteiger partial charge in [-0.3, -0.25) is 19.2 Å². The van der Waals surface area contributed by atoms with Crippen molar-refractivity contribution in [2.45, 2.75) is 39.3 Å². The summed E-state index contributed by atoms with van der Waals surface area (Å²) in [5.74, 6) is -0.355. The molecule has 184 valence electrons. The Balaban J connectivity index is 1.51. The van der Waals surface area contributed by atoms with E-state index in [-0.39, 0.29) is 11.8 Å². The lowest BCUT2D eigenvalue weighted by Gasteiger charge is -2.38. The first-order valence-corrected chi connectivity index (χ1v) is 11.4. The van der Waals surface area contributed by atoms with Crippen LogP contribution in [0.25, 0.3) is 0 Å². The van der Waals surface area contributed by atoms with Gasteiger partial charge < -0.3 is 19.9 Å². The lowest BCUT2D eigenvalue weighted by atomic mass is 10.2. The maximum absolute atomic E-state index is 12.9.